The third-order valence-electron chi connectivity index (χ3n) is 5.16. The third-order valence-corrected chi connectivity index (χ3v) is 6.41. The SMILES string of the molecule is CCCOc1cccc(C2C(C(=O)c3ccco3)=C(O)C(=O)N2c2nc(C)c(C(C)=O)s2)c1. The van der Waals surface area contributed by atoms with Crippen molar-refractivity contribution in [1.82, 2.24) is 4.98 Å². The van der Waals surface area contributed by atoms with Crippen LogP contribution in [0.2, 0.25) is 0 Å². The van der Waals surface area contributed by atoms with E-state index >= 15 is 0 Å². The average molecular weight is 467 g/mol. The first-order valence-electron chi connectivity index (χ1n) is 10.4. The van der Waals surface area contributed by atoms with Crippen LogP contribution in [-0.2, 0) is 4.79 Å². The Morgan fingerprint density at radius 3 is 2.70 bits per heavy atom. The van der Waals surface area contributed by atoms with Crippen molar-refractivity contribution in [1.29, 1.82) is 0 Å². The minimum atomic E-state index is -0.981. The van der Waals surface area contributed by atoms with Crippen molar-refractivity contribution in [3.63, 3.8) is 0 Å². The number of carbonyl (C=O) groups excluding carboxylic acids is 3. The van der Waals surface area contributed by atoms with Gasteiger partial charge >= 0.3 is 0 Å². The molecule has 1 aliphatic rings. The van der Waals surface area contributed by atoms with Gasteiger partial charge in [0.05, 0.1) is 35.1 Å². The molecule has 1 aliphatic heterocycles. The zero-order valence-electron chi connectivity index (χ0n) is 18.3. The van der Waals surface area contributed by atoms with Crippen LogP contribution >= 0.6 is 11.3 Å². The summed E-state index contributed by atoms with van der Waals surface area (Å²) < 4.78 is 11.0. The lowest BCUT2D eigenvalue weighted by Gasteiger charge is -2.24. The molecule has 0 spiro atoms. The summed E-state index contributed by atoms with van der Waals surface area (Å²) in [4.78, 5) is 44.5. The normalized spacial score (nSPS) is 15.9. The number of aliphatic hydroxyl groups is 1. The molecule has 1 amide bonds. The second-order valence-electron chi connectivity index (χ2n) is 7.53. The minimum absolute atomic E-state index is 0.00525. The van der Waals surface area contributed by atoms with Crippen molar-refractivity contribution in [2.24, 2.45) is 0 Å². The van der Waals surface area contributed by atoms with E-state index in [2.05, 4.69) is 4.98 Å². The molecule has 170 valence electrons. The van der Waals surface area contributed by atoms with Crippen molar-refractivity contribution in [3.8, 4) is 5.75 Å². The summed E-state index contributed by atoms with van der Waals surface area (Å²) in [5.41, 5.74) is 0.896. The predicted octanol–water partition coefficient (Wildman–Crippen LogP) is 4.82. The average Bonchev–Trinajstić information content (AvgIpc) is 3.51. The highest BCUT2D eigenvalue weighted by molar-refractivity contribution is 7.17. The van der Waals surface area contributed by atoms with Gasteiger partial charge in [0, 0.05) is 6.92 Å². The summed E-state index contributed by atoms with van der Waals surface area (Å²) in [6, 6.07) is 9.03. The number of hydrogen-bond donors (Lipinski definition) is 1. The van der Waals surface area contributed by atoms with Crippen LogP contribution in [0.25, 0.3) is 0 Å². The predicted molar refractivity (Wildman–Crippen MR) is 122 cm³/mol. The van der Waals surface area contributed by atoms with Gasteiger partial charge in [-0.15, -0.1) is 0 Å². The van der Waals surface area contributed by atoms with E-state index in [0.29, 0.717) is 28.5 Å². The van der Waals surface area contributed by atoms with Crippen LogP contribution in [0.4, 0.5) is 5.13 Å². The molecule has 0 saturated carbocycles. The molecule has 0 radical (unpaired) electrons. The molecule has 33 heavy (non-hydrogen) atoms. The fraction of sp³-hybridized carbons (Fsp3) is 0.250. The molecule has 3 aromatic rings. The van der Waals surface area contributed by atoms with E-state index in [0.717, 1.165) is 17.8 Å². The zero-order chi connectivity index (χ0) is 23.7. The van der Waals surface area contributed by atoms with Gasteiger partial charge in [-0.25, -0.2) is 4.98 Å². The number of aryl methyl sites for hydroxylation is 1. The molecule has 0 saturated heterocycles. The number of hydrogen-bond acceptors (Lipinski definition) is 8. The van der Waals surface area contributed by atoms with Gasteiger partial charge < -0.3 is 14.3 Å². The summed E-state index contributed by atoms with van der Waals surface area (Å²) in [7, 11) is 0. The van der Waals surface area contributed by atoms with Gasteiger partial charge in [-0.2, -0.15) is 0 Å². The number of furan rings is 1. The number of nitrogens with zero attached hydrogens (tertiary/aromatic N) is 2. The molecule has 0 aliphatic carbocycles. The molecule has 9 heteroatoms. The highest BCUT2D eigenvalue weighted by atomic mass is 32.1. The van der Waals surface area contributed by atoms with Gasteiger partial charge in [-0.1, -0.05) is 30.4 Å². The van der Waals surface area contributed by atoms with Crippen molar-refractivity contribution in [2.75, 3.05) is 11.5 Å². The van der Waals surface area contributed by atoms with E-state index < -0.39 is 23.5 Å². The summed E-state index contributed by atoms with van der Waals surface area (Å²) in [6.07, 6.45) is 2.16. The summed E-state index contributed by atoms with van der Waals surface area (Å²) in [5, 5.41) is 11.0. The molecule has 0 fully saturated rings. The molecule has 1 N–H and O–H groups in total. The third kappa shape index (κ3) is 4.07. The number of aromatic nitrogens is 1. The Bertz CT molecular complexity index is 1260. The van der Waals surface area contributed by atoms with Crippen LogP contribution < -0.4 is 9.64 Å². The minimum Gasteiger partial charge on any atom is -0.503 e. The second kappa shape index (κ2) is 9.03. The van der Waals surface area contributed by atoms with Crippen LogP contribution in [0, 0.1) is 6.92 Å². The quantitative estimate of drug-likeness (QED) is 0.474. The second-order valence-corrected chi connectivity index (χ2v) is 8.51. The largest absolute Gasteiger partial charge is 0.503 e. The molecular weight excluding hydrogens is 444 g/mol. The molecule has 8 nitrogen and oxygen atoms in total. The van der Waals surface area contributed by atoms with E-state index in [4.69, 9.17) is 9.15 Å². The van der Waals surface area contributed by atoms with E-state index in [1.165, 1.54) is 24.2 Å². The number of Topliss-reactive ketones (excluding diaryl/α,β-unsaturated/α-hetero) is 2. The topological polar surface area (TPSA) is 110 Å². The lowest BCUT2D eigenvalue weighted by molar-refractivity contribution is -0.117. The van der Waals surface area contributed by atoms with Crippen LogP contribution in [0.5, 0.6) is 5.75 Å². The number of ketones is 2. The lowest BCUT2D eigenvalue weighted by Crippen LogP contribution is -2.31. The number of aliphatic hydroxyl groups excluding tert-OH is 1. The van der Waals surface area contributed by atoms with Crippen molar-refractivity contribution < 1.29 is 28.6 Å². The zero-order valence-corrected chi connectivity index (χ0v) is 19.1. The number of thiazole rings is 1. The maximum Gasteiger partial charge on any atom is 0.296 e. The first kappa shape index (κ1) is 22.5. The van der Waals surface area contributed by atoms with Gasteiger partial charge in [0.25, 0.3) is 5.91 Å². The van der Waals surface area contributed by atoms with E-state index in [1.54, 1.807) is 37.3 Å². The molecule has 1 atom stereocenters. The van der Waals surface area contributed by atoms with Gasteiger partial charge in [0.2, 0.25) is 5.78 Å². The van der Waals surface area contributed by atoms with Crippen LogP contribution in [0.3, 0.4) is 0 Å². The Morgan fingerprint density at radius 1 is 1.27 bits per heavy atom. The van der Waals surface area contributed by atoms with Gasteiger partial charge in [-0.05, 0) is 43.2 Å². The van der Waals surface area contributed by atoms with Crippen molar-refractivity contribution >= 4 is 33.9 Å². The molecule has 1 unspecified atom stereocenters. The highest BCUT2D eigenvalue weighted by Crippen LogP contribution is 2.44. The Balaban J connectivity index is 1.86. The number of benzene rings is 1. The summed E-state index contributed by atoms with van der Waals surface area (Å²) >= 11 is 1.04. The molecule has 0 bridgehead atoms. The number of amides is 1. The van der Waals surface area contributed by atoms with Crippen molar-refractivity contribution in [3.05, 3.63) is 75.9 Å². The molecule has 2 aromatic heterocycles. The maximum atomic E-state index is 13.3. The molecule has 3 heterocycles. The molecule has 1 aromatic carbocycles. The Kier molecular flexibility index (Phi) is 6.15. The van der Waals surface area contributed by atoms with Crippen LogP contribution in [-0.4, -0.2) is 34.2 Å². The van der Waals surface area contributed by atoms with Gasteiger partial charge in [0.15, 0.2) is 22.4 Å². The maximum absolute atomic E-state index is 13.3. The first-order chi connectivity index (χ1) is 15.8. The highest BCUT2D eigenvalue weighted by Gasteiger charge is 2.46. The summed E-state index contributed by atoms with van der Waals surface area (Å²) in [6.45, 7) is 5.58. The monoisotopic (exact) mass is 466 g/mol. The van der Waals surface area contributed by atoms with E-state index in [1.807, 2.05) is 6.92 Å². The van der Waals surface area contributed by atoms with E-state index in [9.17, 15) is 19.5 Å². The Hall–Kier alpha value is -3.72. The van der Waals surface area contributed by atoms with Crippen molar-refractivity contribution in [2.45, 2.75) is 33.2 Å². The van der Waals surface area contributed by atoms with E-state index in [-0.39, 0.29) is 22.2 Å². The summed E-state index contributed by atoms with van der Waals surface area (Å²) in [5.74, 6) is -1.69. The number of ether oxygens (including phenoxy) is 1. The smallest absolute Gasteiger partial charge is 0.296 e. The Morgan fingerprint density at radius 2 is 2.06 bits per heavy atom. The fourth-order valence-corrected chi connectivity index (χ4v) is 4.69. The number of rotatable bonds is 8. The molecular formula is C24H22N2O6S. The number of anilines is 1. The van der Waals surface area contributed by atoms with Gasteiger partial charge in [0.1, 0.15) is 5.75 Å². The standard InChI is InChI=1S/C24H22N2O6S/c1-4-10-31-16-8-5-7-15(12-16)19-18(20(28)17-9-6-11-32-17)21(29)23(30)26(19)24-25-13(2)22(33-24)14(3)27/h5-9,11-12,19,29H,4,10H2,1-3H3. The van der Waals surface area contributed by atoms with Crippen LogP contribution in [0.15, 0.2) is 58.4 Å². The molecule has 4 rings (SSSR count). The lowest BCUT2D eigenvalue weighted by atomic mass is 9.95. The number of carbonyl (C=O) groups is 3. The Labute approximate surface area is 194 Å². The fourth-order valence-electron chi connectivity index (χ4n) is 3.70. The first-order valence-corrected chi connectivity index (χ1v) is 11.2. The van der Waals surface area contributed by atoms with Crippen LogP contribution in [0.1, 0.15) is 57.8 Å². The van der Waals surface area contributed by atoms with Gasteiger partial charge in [-0.3, -0.25) is 19.3 Å².